The number of ether oxygens (including phenoxy) is 1. The van der Waals surface area contributed by atoms with Crippen LogP contribution in [0.4, 0.5) is 10.1 Å². The minimum atomic E-state index is -0.587. The third kappa shape index (κ3) is 4.42. The Morgan fingerprint density at radius 2 is 2.09 bits per heavy atom. The summed E-state index contributed by atoms with van der Waals surface area (Å²) >= 11 is 0. The molecule has 5 nitrogen and oxygen atoms in total. The van der Waals surface area contributed by atoms with Gasteiger partial charge in [0.05, 0.1) is 18.4 Å². The van der Waals surface area contributed by atoms with Crippen LogP contribution in [0.5, 0.6) is 0 Å². The number of hydrogen-bond donors (Lipinski definition) is 2. The topological polar surface area (TPSA) is 81.4 Å². The fraction of sp³-hybridized carbons (Fsp3) is 0.467. The lowest BCUT2D eigenvalue weighted by Crippen LogP contribution is -2.34. The molecule has 1 amide bonds. The van der Waals surface area contributed by atoms with Gasteiger partial charge in [0, 0.05) is 12.0 Å². The molecule has 1 saturated carbocycles. The molecule has 122 valence electrons. The molecule has 0 saturated heterocycles. The maximum absolute atomic E-state index is 13.7. The highest BCUT2D eigenvalue weighted by Crippen LogP contribution is 2.25. The molecule has 1 aliphatic carbocycles. The summed E-state index contributed by atoms with van der Waals surface area (Å²) in [5.41, 5.74) is 6.03. The van der Waals surface area contributed by atoms with Crippen LogP contribution in [0.25, 0.3) is 0 Å². The number of benzene rings is 1. The smallest absolute Gasteiger partial charge is 0.337 e. The van der Waals surface area contributed by atoms with Gasteiger partial charge in [-0.3, -0.25) is 4.79 Å². The second kappa shape index (κ2) is 8.10. The second-order valence-electron chi connectivity index (χ2n) is 5.30. The maximum Gasteiger partial charge on any atom is 0.337 e. The maximum atomic E-state index is 13.7. The molecule has 0 aromatic heterocycles. The first kappa shape index (κ1) is 18.4. The molecule has 1 aliphatic rings. The quantitative estimate of drug-likeness (QED) is 0.834. The molecule has 1 aromatic rings. The number of rotatable bonds is 3. The predicted molar refractivity (Wildman–Crippen MR) is 83.6 cm³/mol. The van der Waals surface area contributed by atoms with Crippen molar-refractivity contribution in [3.8, 4) is 0 Å². The molecule has 22 heavy (non-hydrogen) atoms. The molecule has 1 aromatic carbocycles. The number of amides is 1. The third-order valence-electron chi connectivity index (χ3n) is 3.73. The Labute approximate surface area is 134 Å². The lowest BCUT2D eigenvalue weighted by molar-refractivity contribution is -0.120. The van der Waals surface area contributed by atoms with E-state index in [4.69, 9.17) is 5.73 Å². The summed E-state index contributed by atoms with van der Waals surface area (Å²) < 4.78 is 18.3. The summed E-state index contributed by atoms with van der Waals surface area (Å²) in [7, 11) is 1.24. The van der Waals surface area contributed by atoms with Crippen LogP contribution in [0.1, 0.15) is 36.0 Å². The number of carbonyl (C=O) groups is 2. The number of halogens is 2. The average molecular weight is 331 g/mol. The number of anilines is 1. The van der Waals surface area contributed by atoms with Crippen molar-refractivity contribution < 1.29 is 18.7 Å². The van der Waals surface area contributed by atoms with E-state index in [-0.39, 0.29) is 41.5 Å². The Bertz CT molecular complexity index is 554. The van der Waals surface area contributed by atoms with Gasteiger partial charge >= 0.3 is 5.97 Å². The fourth-order valence-corrected chi connectivity index (χ4v) is 2.57. The van der Waals surface area contributed by atoms with Crippen LogP contribution >= 0.6 is 12.4 Å². The van der Waals surface area contributed by atoms with Crippen LogP contribution in [-0.4, -0.2) is 25.0 Å². The van der Waals surface area contributed by atoms with Crippen molar-refractivity contribution in [2.75, 3.05) is 12.4 Å². The number of nitrogens with two attached hydrogens (primary N) is 1. The largest absolute Gasteiger partial charge is 0.465 e. The molecule has 0 bridgehead atoms. The van der Waals surface area contributed by atoms with Crippen molar-refractivity contribution >= 4 is 30.0 Å². The van der Waals surface area contributed by atoms with Gasteiger partial charge in [0.25, 0.3) is 0 Å². The van der Waals surface area contributed by atoms with Gasteiger partial charge < -0.3 is 15.8 Å². The lowest BCUT2D eigenvalue weighted by Gasteiger charge is -2.25. The summed E-state index contributed by atoms with van der Waals surface area (Å²) in [5.74, 6) is -1.64. The van der Waals surface area contributed by atoms with E-state index in [0.29, 0.717) is 6.42 Å². The standard InChI is InChI=1S/C15H19FN2O3.ClH/c1-21-15(20)10-5-6-12(16)13(8-10)18-14(19)9-3-2-4-11(17)7-9;/h5-6,8-9,11H,2-4,7,17H2,1H3,(H,18,19);1H. The zero-order chi connectivity index (χ0) is 15.4. The predicted octanol–water partition coefficient (Wildman–Crippen LogP) is 2.49. The molecule has 2 atom stereocenters. The zero-order valence-corrected chi connectivity index (χ0v) is 13.1. The molecule has 2 unspecified atom stereocenters. The van der Waals surface area contributed by atoms with E-state index >= 15 is 0 Å². The van der Waals surface area contributed by atoms with E-state index in [0.717, 1.165) is 25.3 Å². The van der Waals surface area contributed by atoms with Gasteiger partial charge in [-0.1, -0.05) is 6.42 Å². The SMILES string of the molecule is COC(=O)c1ccc(F)c(NC(=O)C2CCCC(N)C2)c1.Cl. The van der Waals surface area contributed by atoms with Crippen molar-refractivity contribution in [3.05, 3.63) is 29.6 Å². The van der Waals surface area contributed by atoms with Gasteiger partial charge in [0.1, 0.15) is 5.82 Å². The van der Waals surface area contributed by atoms with Crippen LogP contribution in [0.15, 0.2) is 18.2 Å². The van der Waals surface area contributed by atoms with E-state index < -0.39 is 11.8 Å². The molecule has 0 aliphatic heterocycles. The Morgan fingerprint density at radius 3 is 2.73 bits per heavy atom. The van der Waals surface area contributed by atoms with E-state index in [1.807, 2.05) is 0 Å². The molecule has 3 N–H and O–H groups in total. The first-order valence-corrected chi connectivity index (χ1v) is 6.95. The van der Waals surface area contributed by atoms with Gasteiger partial charge in [-0.05, 0) is 37.5 Å². The van der Waals surface area contributed by atoms with Crippen molar-refractivity contribution in [1.82, 2.24) is 0 Å². The van der Waals surface area contributed by atoms with Gasteiger partial charge in [0.2, 0.25) is 5.91 Å². The third-order valence-corrected chi connectivity index (χ3v) is 3.73. The normalized spacial score (nSPS) is 20.7. The molecular weight excluding hydrogens is 311 g/mol. The second-order valence-corrected chi connectivity index (χ2v) is 5.30. The van der Waals surface area contributed by atoms with Crippen LogP contribution < -0.4 is 11.1 Å². The summed E-state index contributed by atoms with van der Waals surface area (Å²) in [6.07, 6.45) is 3.15. The number of nitrogens with one attached hydrogen (secondary N) is 1. The summed E-state index contributed by atoms with van der Waals surface area (Å²) in [5, 5.41) is 2.54. The van der Waals surface area contributed by atoms with Crippen LogP contribution in [0.3, 0.4) is 0 Å². The first-order chi connectivity index (χ1) is 10.0. The number of hydrogen-bond acceptors (Lipinski definition) is 4. The molecule has 0 radical (unpaired) electrons. The van der Waals surface area contributed by atoms with E-state index in [9.17, 15) is 14.0 Å². The minimum Gasteiger partial charge on any atom is -0.465 e. The summed E-state index contributed by atoms with van der Waals surface area (Å²) in [6.45, 7) is 0. The van der Waals surface area contributed by atoms with Gasteiger partial charge in [-0.2, -0.15) is 0 Å². The number of esters is 1. The van der Waals surface area contributed by atoms with Gasteiger partial charge in [-0.15, -0.1) is 12.4 Å². The van der Waals surface area contributed by atoms with Crippen LogP contribution in [0.2, 0.25) is 0 Å². The average Bonchev–Trinajstić information content (AvgIpc) is 2.48. The molecular formula is C15H20ClFN2O3. The van der Waals surface area contributed by atoms with E-state index in [1.165, 1.54) is 19.2 Å². The van der Waals surface area contributed by atoms with Crippen molar-refractivity contribution in [3.63, 3.8) is 0 Å². The Kier molecular flexibility index (Phi) is 6.77. The number of methoxy groups -OCH3 is 1. The highest BCUT2D eigenvalue weighted by molar-refractivity contribution is 5.95. The Morgan fingerprint density at radius 1 is 1.36 bits per heavy atom. The molecule has 2 rings (SSSR count). The Balaban J connectivity index is 0.00000242. The van der Waals surface area contributed by atoms with Crippen molar-refractivity contribution in [2.24, 2.45) is 11.7 Å². The molecule has 0 spiro atoms. The van der Waals surface area contributed by atoms with Crippen molar-refractivity contribution in [2.45, 2.75) is 31.7 Å². The highest BCUT2D eigenvalue weighted by Gasteiger charge is 2.26. The first-order valence-electron chi connectivity index (χ1n) is 6.95. The molecule has 7 heteroatoms. The fourth-order valence-electron chi connectivity index (χ4n) is 2.57. The lowest BCUT2D eigenvalue weighted by atomic mass is 9.85. The molecule has 0 heterocycles. The Hall–Kier alpha value is -1.66. The van der Waals surface area contributed by atoms with Gasteiger partial charge in [-0.25, -0.2) is 9.18 Å². The van der Waals surface area contributed by atoms with Crippen LogP contribution in [-0.2, 0) is 9.53 Å². The molecule has 1 fully saturated rings. The van der Waals surface area contributed by atoms with Crippen LogP contribution in [0, 0.1) is 11.7 Å². The highest BCUT2D eigenvalue weighted by atomic mass is 35.5. The minimum absolute atomic E-state index is 0. The number of carbonyl (C=O) groups excluding carboxylic acids is 2. The zero-order valence-electron chi connectivity index (χ0n) is 12.3. The van der Waals surface area contributed by atoms with E-state index in [1.54, 1.807) is 0 Å². The summed E-state index contributed by atoms with van der Waals surface area (Å²) in [4.78, 5) is 23.6. The summed E-state index contributed by atoms with van der Waals surface area (Å²) in [6, 6.07) is 3.74. The van der Waals surface area contributed by atoms with Gasteiger partial charge in [0.15, 0.2) is 0 Å². The van der Waals surface area contributed by atoms with E-state index in [2.05, 4.69) is 10.1 Å². The monoisotopic (exact) mass is 330 g/mol. The van der Waals surface area contributed by atoms with Crippen molar-refractivity contribution in [1.29, 1.82) is 0 Å².